The van der Waals surface area contributed by atoms with Gasteiger partial charge in [0, 0.05) is 24.3 Å². The summed E-state index contributed by atoms with van der Waals surface area (Å²) < 4.78 is 0. The maximum atomic E-state index is 12.2. The average Bonchev–Trinajstić information content (AvgIpc) is 2.97. The summed E-state index contributed by atoms with van der Waals surface area (Å²) >= 11 is 0. The second kappa shape index (κ2) is 7.22. The van der Waals surface area contributed by atoms with E-state index in [0.29, 0.717) is 6.42 Å². The lowest BCUT2D eigenvalue weighted by Crippen LogP contribution is -2.25. The molecule has 1 aromatic carbocycles. The highest BCUT2D eigenvalue weighted by molar-refractivity contribution is 5.96. The Hall–Kier alpha value is -1.88. The first kappa shape index (κ1) is 15.5. The summed E-state index contributed by atoms with van der Waals surface area (Å²) in [4.78, 5) is 23.9. The SMILES string of the molecule is CCCC(=O)Nc1cccc(NC(=O)C2CCNC2)c1C. The normalized spacial score (nSPS) is 17.5. The molecule has 1 fully saturated rings. The largest absolute Gasteiger partial charge is 0.326 e. The molecule has 0 radical (unpaired) electrons. The van der Waals surface area contributed by atoms with Crippen molar-refractivity contribution in [2.24, 2.45) is 5.92 Å². The first-order valence-electron chi connectivity index (χ1n) is 7.53. The number of hydrogen-bond acceptors (Lipinski definition) is 3. The molecular formula is C16H23N3O2. The molecule has 5 heteroatoms. The Labute approximate surface area is 125 Å². The van der Waals surface area contributed by atoms with Crippen LogP contribution in [-0.2, 0) is 9.59 Å². The molecule has 1 unspecified atom stereocenters. The minimum Gasteiger partial charge on any atom is -0.326 e. The fourth-order valence-electron chi connectivity index (χ4n) is 2.46. The second-order valence-electron chi connectivity index (χ2n) is 5.46. The first-order chi connectivity index (χ1) is 10.1. The van der Waals surface area contributed by atoms with Gasteiger partial charge in [-0.15, -0.1) is 0 Å². The quantitative estimate of drug-likeness (QED) is 0.779. The van der Waals surface area contributed by atoms with Gasteiger partial charge in [-0.1, -0.05) is 13.0 Å². The Morgan fingerprint density at radius 3 is 2.62 bits per heavy atom. The number of anilines is 2. The molecule has 114 valence electrons. The fourth-order valence-corrected chi connectivity index (χ4v) is 2.46. The van der Waals surface area contributed by atoms with Crippen molar-refractivity contribution < 1.29 is 9.59 Å². The van der Waals surface area contributed by atoms with E-state index in [2.05, 4.69) is 16.0 Å². The molecule has 2 amide bonds. The van der Waals surface area contributed by atoms with Crippen molar-refractivity contribution in [3.05, 3.63) is 23.8 Å². The molecule has 1 aromatic rings. The Bertz CT molecular complexity index is 522. The van der Waals surface area contributed by atoms with Crippen molar-refractivity contribution >= 4 is 23.2 Å². The minimum absolute atomic E-state index is 0.00377. The van der Waals surface area contributed by atoms with Gasteiger partial charge in [-0.25, -0.2) is 0 Å². The van der Waals surface area contributed by atoms with E-state index in [-0.39, 0.29) is 17.7 Å². The van der Waals surface area contributed by atoms with Gasteiger partial charge in [0.2, 0.25) is 11.8 Å². The van der Waals surface area contributed by atoms with Gasteiger partial charge in [-0.05, 0) is 44.0 Å². The summed E-state index contributed by atoms with van der Waals surface area (Å²) in [6.07, 6.45) is 2.19. The number of carbonyl (C=O) groups excluding carboxylic acids is 2. The number of hydrogen-bond donors (Lipinski definition) is 3. The van der Waals surface area contributed by atoms with Crippen LogP contribution >= 0.6 is 0 Å². The predicted molar refractivity (Wildman–Crippen MR) is 84.3 cm³/mol. The smallest absolute Gasteiger partial charge is 0.228 e. The van der Waals surface area contributed by atoms with E-state index in [1.54, 1.807) is 0 Å². The van der Waals surface area contributed by atoms with E-state index < -0.39 is 0 Å². The van der Waals surface area contributed by atoms with Crippen LogP contribution in [0.25, 0.3) is 0 Å². The van der Waals surface area contributed by atoms with Crippen LogP contribution in [0, 0.1) is 12.8 Å². The summed E-state index contributed by atoms with van der Waals surface area (Å²) in [6, 6.07) is 5.57. The standard InChI is InChI=1S/C16H23N3O2/c1-3-5-15(20)18-13-6-4-7-14(11(13)2)19-16(21)12-8-9-17-10-12/h4,6-7,12,17H,3,5,8-10H2,1-2H3,(H,18,20)(H,19,21). The molecule has 0 aliphatic carbocycles. The van der Waals surface area contributed by atoms with Crippen LogP contribution in [-0.4, -0.2) is 24.9 Å². The van der Waals surface area contributed by atoms with Gasteiger partial charge in [-0.2, -0.15) is 0 Å². The average molecular weight is 289 g/mol. The van der Waals surface area contributed by atoms with Crippen LogP contribution in [0.15, 0.2) is 18.2 Å². The lowest BCUT2D eigenvalue weighted by molar-refractivity contribution is -0.119. The van der Waals surface area contributed by atoms with Gasteiger partial charge in [-0.3, -0.25) is 9.59 Å². The Morgan fingerprint density at radius 2 is 2.00 bits per heavy atom. The molecule has 21 heavy (non-hydrogen) atoms. The highest BCUT2D eigenvalue weighted by atomic mass is 16.2. The predicted octanol–water partition coefficient (Wildman–Crippen LogP) is 2.28. The fraction of sp³-hybridized carbons (Fsp3) is 0.500. The monoisotopic (exact) mass is 289 g/mol. The van der Waals surface area contributed by atoms with Gasteiger partial charge in [0.25, 0.3) is 0 Å². The number of benzene rings is 1. The third kappa shape index (κ3) is 4.04. The maximum Gasteiger partial charge on any atom is 0.228 e. The lowest BCUT2D eigenvalue weighted by atomic mass is 10.1. The molecular weight excluding hydrogens is 266 g/mol. The molecule has 1 aliphatic rings. The van der Waals surface area contributed by atoms with Crippen molar-refractivity contribution in [3.8, 4) is 0 Å². The highest BCUT2D eigenvalue weighted by Crippen LogP contribution is 2.24. The third-order valence-electron chi connectivity index (χ3n) is 3.77. The van der Waals surface area contributed by atoms with Gasteiger partial charge >= 0.3 is 0 Å². The molecule has 0 aromatic heterocycles. The van der Waals surface area contributed by atoms with Crippen LogP contribution in [0.5, 0.6) is 0 Å². The lowest BCUT2D eigenvalue weighted by Gasteiger charge is -2.15. The Kier molecular flexibility index (Phi) is 5.33. The van der Waals surface area contributed by atoms with E-state index >= 15 is 0 Å². The first-order valence-corrected chi connectivity index (χ1v) is 7.53. The molecule has 1 saturated heterocycles. The molecule has 1 atom stereocenters. The summed E-state index contributed by atoms with van der Waals surface area (Å²) in [5, 5.41) is 9.05. The molecule has 0 spiro atoms. The van der Waals surface area contributed by atoms with E-state index in [0.717, 1.165) is 42.9 Å². The molecule has 5 nitrogen and oxygen atoms in total. The van der Waals surface area contributed by atoms with Crippen molar-refractivity contribution in [1.82, 2.24) is 5.32 Å². The molecule has 1 aliphatic heterocycles. The van der Waals surface area contributed by atoms with Crippen molar-refractivity contribution in [3.63, 3.8) is 0 Å². The Balaban J connectivity index is 2.06. The zero-order valence-electron chi connectivity index (χ0n) is 12.7. The van der Waals surface area contributed by atoms with Crippen LogP contribution in [0.1, 0.15) is 31.7 Å². The van der Waals surface area contributed by atoms with Crippen molar-refractivity contribution in [2.45, 2.75) is 33.1 Å². The highest BCUT2D eigenvalue weighted by Gasteiger charge is 2.22. The number of carbonyl (C=O) groups is 2. The zero-order valence-corrected chi connectivity index (χ0v) is 12.7. The molecule has 0 bridgehead atoms. The summed E-state index contributed by atoms with van der Waals surface area (Å²) in [6.45, 7) is 5.50. The molecule has 3 N–H and O–H groups in total. The van der Waals surface area contributed by atoms with Gasteiger partial charge in [0.15, 0.2) is 0 Å². The summed E-state index contributed by atoms with van der Waals surface area (Å²) in [5.41, 5.74) is 2.42. The van der Waals surface area contributed by atoms with Gasteiger partial charge in [0.05, 0.1) is 5.92 Å². The second-order valence-corrected chi connectivity index (χ2v) is 5.46. The summed E-state index contributed by atoms with van der Waals surface area (Å²) in [5.74, 6) is 0.0759. The zero-order chi connectivity index (χ0) is 15.2. The Morgan fingerprint density at radius 1 is 1.29 bits per heavy atom. The number of nitrogens with one attached hydrogen (secondary N) is 3. The minimum atomic E-state index is 0.00377. The van der Waals surface area contributed by atoms with E-state index in [9.17, 15) is 9.59 Å². The van der Waals surface area contributed by atoms with Crippen molar-refractivity contribution in [1.29, 1.82) is 0 Å². The van der Waals surface area contributed by atoms with Crippen LogP contribution in [0.3, 0.4) is 0 Å². The maximum absolute atomic E-state index is 12.2. The van der Waals surface area contributed by atoms with Crippen LogP contribution in [0.4, 0.5) is 11.4 Å². The molecule has 0 saturated carbocycles. The van der Waals surface area contributed by atoms with E-state index in [1.165, 1.54) is 0 Å². The molecule has 2 rings (SSSR count). The molecule has 1 heterocycles. The van der Waals surface area contributed by atoms with E-state index in [1.807, 2.05) is 32.0 Å². The number of rotatable bonds is 5. The third-order valence-corrected chi connectivity index (χ3v) is 3.77. The van der Waals surface area contributed by atoms with Crippen molar-refractivity contribution in [2.75, 3.05) is 23.7 Å². The van der Waals surface area contributed by atoms with Crippen LogP contribution in [0.2, 0.25) is 0 Å². The number of amides is 2. The van der Waals surface area contributed by atoms with Gasteiger partial charge in [0.1, 0.15) is 0 Å². The summed E-state index contributed by atoms with van der Waals surface area (Å²) in [7, 11) is 0. The topological polar surface area (TPSA) is 70.2 Å². The van der Waals surface area contributed by atoms with Gasteiger partial charge < -0.3 is 16.0 Å². The van der Waals surface area contributed by atoms with E-state index in [4.69, 9.17) is 0 Å². The van der Waals surface area contributed by atoms with Crippen LogP contribution < -0.4 is 16.0 Å².